The fourth-order valence-corrected chi connectivity index (χ4v) is 3.18. The van der Waals surface area contributed by atoms with Crippen molar-refractivity contribution in [3.63, 3.8) is 0 Å². The molecule has 150 valence electrons. The van der Waals surface area contributed by atoms with Crippen molar-refractivity contribution in [2.45, 2.75) is 51.7 Å². The smallest absolute Gasteiger partial charge is 0.313 e. The molecule has 28 heavy (non-hydrogen) atoms. The number of hydrogen-bond donors (Lipinski definition) is 1. The fourth-order valence-electron chi connectivity index (χ4n) is 3.18. The molecule has 2 aromatic carbocycles. The van der Waals surface area contributed by atoms with Crippen LogP contribution in [-0.4, -0.2) is 16.7 Å². The molecule has 0 saturated carbocycles. The van der Waals surface area contributed by atoms with Crippen LogP contribution in [0.3, 0.4) is 0 Å². The van der Waals surface area contributed by atoms with Gasteiger partial charge in [0.05, 0.1) is 5.41 Å². The molecule has 1 aliphatic rings. The lowest BCUT2D eigenvalue weighted by Crippen LogP contribution is -2.28. The lowest BCUT2D eigenvalue weighted by atomic mass is 9.84. The summed E-state index contributed by atoms with van der Waals surface area (Å²) in [4.78, 5) is 11.3. The summed E-state index contributed by atoms with van der Waals surface area (Å²) in [5.74, 6) is -4.03. The van der Waals surface area contributed by atoms with Gasteiger partial charge in [-0.05, 0) is 57.0 Å². The number of hydrogen-bond acceptors (Lipinski definition) is 3. The van der Waals surface area contributed by atoms with Crippen molar-refractivity contribution in [3.05, 3.63) is 58.4 Å². The van der Waals surface area contributed by atoms with Crippen LogP contribution in [0.2, 0.25) is 0 Å². The zero-order valence-electron chi connectivity index (χ0n) is 16.0. The molecule has 4 nitrogen and oxygen atoms in total. The van der Waals surface area contributed by atoms with Crippen molar-refractivity contribution in [1.82, 2.24) is 0 Å². The summed E-state index contributed by atoms with van der Waals surface area (Å²) < 4.78 is 53.7. The van der Waals surface area contributed by atoms with Gasteiger partial charge in [0.2, 0.25) is 0 Å². The van der Waals surface area contributed by atoms with E-state index in [2.05, 4.69) is 0 Å². The fraction of sp³-hybridized carbons (Fsp3) is 0.381. The van der Waals surface area contributed by atoms with Crippen molar-refractivity contribution in [1.29, 1.82) is 0 Å². The van der Waals surface area contributed by atoms with Gasteiger partial charge in [-0.25, -0.2) is 13.2 Å². The Kier molecular flexibility index (Phi) is 4.81. The number of carbonyl (C=O) groups is 1. The molecule has 0 amide bonds. The Hall–Kier alpha value is -2.70. The summed E-state index contributed by atoms with van der Waals surface area (Å²) >= 11 is 0. The SMILES string of the molecule is CC1(C)Cc2c(COc3c(F)cc(C(C)(C)C(=O)O)cc3F)cc(F)cc2O1. The molecule has 1 heterocycles. The average molecular weight is 394 g/mol. The second-order valence-corrected chi connectivity index (χ2v) is 8.07. The number of aliphatic carboxylic acids is 1. The van der Waals surface area contributed by atoms with Crippen molar-refractivity contribution in [3.8, 4) is 11.5 Å². The van der Waals surface area contributed by atoms with Gasteiger partial charge in [-0.15, -0.1) is 0 Å². The monoisotopic (exact) mass is 394 g/mol. The van der Waals surface area contributed by atoms with Gasteiger partial charge in [0.1, 0.15) is 23.8 Å². The first-order valence-electron chi connectivity index (χ1n) is 8.77. The van der Waals surface area contributed by atoms with Crippen LogP contribution < -0.4 is 9.47 Å². The van der Waals surface area contributed by atoms with E-state index in [1.165, 1.54) is 26.0 Å². The molecule has 0 aromatic heterocycles. The van der Waals surface area contributed by atoms with Crippen LogP contribution in [0.4, 0.5) is 13.2 Å². The molecule has 2 aromatic rings. The summed E-state index contributed by atoms with van der Waals surface area (Å²) in [5, 5.41) is 9.23. The number of ether oxygens (including phenoxy) is 2. The molecule has 0 bridgehead atoms. The summed E-state index contributed by atoms with van der Waals surface area (Å²) in [6.07, 6.45) is 0.512. The molecule has 0 spiro atoms. The van der Waals surface area contributed by atoms with Gasteiger partial charge >= 0.3 is 5.97 Å². The molecule has 0 fully saturated rings. The normalized spacial score (nSPS) is 15.1. The lowest BCUT2D eigenvalue weighted by molar-refractivity contribution is -0.142. The van der Waals surface area contributed by atoms with Crippen LogP contribution in [0, 0.1) is 17.5 Å². The number of benzene rings is 2. The zero-order valence-corrected chi connectivity index (χ0v) is 16.0. The van der Waals surface area contributed by atoms with Crippen LogP contribution in [0.1, 0.15) is 44.4 Å². The van der Waals surface area contributed by atoms with E-state index in [0.717, 1.165) is 17.7 Å². The third-order valence-electron chi connectivity index (χ3n) is 4.88. The van der Waals surface area contributed by atoms with E-state index in [-0.39, 0.29) is 12.2 Å². The van der Waals surface area contributed by atoms with Crippen LogP contribution in [0.15, 0.2) is 24.3 Å². The van der Waals surface area contributed by atoms with Crippen LogP contribution in [0.5, 0.6) is 11.5 Å². The van der Waals surface area contributed by atoms with Gasteiger partial charge in [0.15, 0.2) is 17.4 Å². The third kappa shape index (κ3) is 3.66. The lowest BCUT2D eigenvalue weighted by Gasteiger charge is -2.21. The molecule has 0 saturated heterocycles. The second-order valence-electron chi connectivity index (χ2n) is 8.07. The van der Waals surface area contributed by atoms with Gasteiger partial charge in [0, 0.05) is 18.1 Å². The maximum Gasteiger partial charge on any atom is 0.313 e. The van der Waals surface area contributed by atoms with E-state index in [1.807, 2.05) is 13.8 Å². The predicted molar refractivity (Wildman–Crippen MR) is 96.2 cm³/mol. The summed E-state index contributed by atoms with van der Waals surface area (Å²) in [7, 11) is 0. The Balaban J connectivity index is 1.88. The molecule has 0 radical (unpaired) electrons. The first kappa shape index (κ1) is 20.0. The first-order chi connectivity index (χ1) is 12.9. The Morgan fingerprint density at radius 3 is 2.36 bits per heavy atom. The highest BCUT2D eigenvalue weighted by Gasteiger charge is 2.33. The highest BCUT2D eigenvalue weighted by Crippen LogP contribution is 2.38. The minimum Gasteiger partial charge on any atom is -0.487 e. The summed E-state index contributed by atoms with van der Waals surface area (Å²) in [6.45, 7) is 6.16. The highest BCUT2D eigenvalue weighted by molar-refractivity contribution is 5.80. The Morgan fingerprint density at radius 2 is 1.79 bits per heavy atom. The van der Waals surface area contributed by atoms with Gasteiger partial charge in [-0.1, -0.05) is 0 Å². The maximum atomic E-state index is 14.4. The molecular formula is C21H21F3O4. The van der Waals surface area contributed by atoms with Crippen LogP contribution in [-0.2, 0) is 23.2 Å². The second kappa shape index (κ2) is 6.72. The zero-order chi connectivity index (χ0) is 20.9. The van der Waals surface area contributed by atoms with Crippen molar-refractivity contribution in [2.24, 2.45) is 0 Å². The van der Waals surface area contributed by atoms with Crippen molar-refractivity contribution < 1.29 is 32.5 Å². The van der Waals surface area contributed by atoms with E-state index >= 15 is 0 Å². The molecular weight excluding hydrogens is 373 g/mol. The largest absolute Gasteiger partial charge is 0.487 e. The van der Waals surface area contributed by atoms with E-state index in [9.17, 15) is 23.1 Å². The van der Waals surface area contributed by atoms with E-state index in [4.69, 9.17) is 9.47 Å². The minimum atomic E-state index is -1.47. The minimum absolute atomic E-state index is 0.0239. The van der Waals surface area contributed by atoms with Crippen LogP contribution in [0.25, 0.3) is 0 Å². The molecule has 7 heteroatoms. The van der Waals surface area contributed by atoms with Crippen LogP contribution >= 0.6 is 0 Å². The highest BCUT2D eigenvalue weighted by atomic mass is 19.1. The summed E-state index contributed by atoms with van der Waals surface area (Å²) in [6, 6.07) is 4.41. The molecule has 3 rings (SSSR count). The Bertz CT molecular complexity index is 928. The van der Waals surface area contributed by atoms with Gasteiger partial charge in [-0.3, -0.25) is 4.79 Å². The number of carboxylic acids is 1. The number of rotatable bonds is 5. The quantitative estimate of drug-likeness (QED) is 0.795. The van der Waals surface area contributed by atoms with Crippen molar-refractivity contribution in [2.75, 3.05) is 0 Å². The topological polar surface area (TPSA) is 55.8 Å². The van der Waals surface area contributed by atoms with E-state index in [1.54, 1.807) is 0 Å². The first-order valence-corrected chi connectivity index (χ1v) is 8.77. The van der Waals surface area contributed by atoms with Crippen molar-refractivity contribution >= 4 is 5.97 Å². The molecule has 0 atom stereocenters. The molecule has 0 aliphatic carbocycles. The maximum absolute atomic E-state index is 14.4. The summed E-state index contributed by atoms with van der Waals surface area (Å²) in [5.41, 5.74) is -0.827. The number of fused-ring (bicyclic) bond motifs is 1. The molecule has 0 unspecified atom stereocenters. The Morgan fingerprint density at radius 1 is 1.18 bits per heavy atom. The van der Waals surface area contributed by atoms with Gasteiger partial charge in [0.25, 0.3) is 0 Å². The Labute approximate surface area is 160 Å². The predicted octanol–water partition coefficient (Wildman–Crippen LogP) is 4.76. The molecule has 1 N–H and O–H groups in total. The van der Waals surface area contributed by atoms with Gasteiger partial charge in [-0.2, -0.15) is 0 Å². The average Bonchev–Trinajstić information content (AvgIpc) is 2.87. The third-order valence-corrected chi connectivity index (χ3v) is 4.88. The van der Waals surface area contributed by atoms with Gasteiger partial charge < -0.3 is 14.6 Å². The standard InChI is InChI=1S/C21H21F3O4/c1-20(2)9-14-11(5-13(22)8-17(14)28-20)10-27-18-15(23)6-12(7-16(18)24)21(3,4)19(25)26/h5-8H,9-10H2,1-4H3,(H,25,26). The van der Waals surface area contributed by atoms with E-state index in [0.29, 0.717) is 17.7 Å². The number of carboxylic acid groups (broad SMARTS) is 1. The molecule has 1 aliphatic heterocycles. The number of halogens is 3. The van der Waals surface area contributed by atoms with E-state index < -0.39 is 40.2 Å².